The summed E-state index contributed by atoms with van der Waals surface area (Å²) in [7, 11) is 0. The van der Waals surface area contributed by atoms with E-state index in [1.54, 1.807) is 17.3 Å². The van der Waals surface area contributed by atoms with Gasteiger partial charge in [0.15, 0.2) is 0 Å². The number of carbonyl (C=O) groups excluding carboxylic acids is 1. The molecule has 0 bridgehead atoms. The molecule has 2 aromatic rings. The number of imidazole rings is 1. The van der Waals surface area contributed by atoms with E-state index < -0.39 is 0 Å². The molecule has 1 N–H and O–H groups in total. The largest absolute Gasteiger partial charge is 0.445 e. The molecule has 1 aliphatic heterocycles. The van der Waals surface area contributed by atoms with Crippen LogP contribution in [0.15, 0.2) is 42.7 Å². The molecule has 1 fully saturated rings. The van der Waals surface area contributed by atoms with E-state index in [0.717, 1.165) is 30.8 Å². The number of nitrogens with zero attached hydrogens (tertiary/aromatic N) is 2. The first-order chi connectivity index (χ1) is 9.84. The maximum atomic E-state index is 12.2. The number of benzene rings is 1. The highest BCUT2D eigenvalue weighted by Crippen LogP contribution is 2.30. The molecule has 0 radical (unpaired) electrons. The second kappa shape index (κ2) is 5.77. The van der Waals surface area contributed by atoms with E-state index in [1.807, 2.05) is 30.3 Å². The van der Waals surface area contributed by atoms with Gasteiger partial charge in [0.2, 0.25) is 0 Å². The van der Waals surface area contributed by atoms with Gasteiger partial charge in [-0.3, -0.25) is 4.90 Å². The van der Waals surface area contributed by atoms with Gasteiger partial charge < -0.3 is 9.72 Å². The van der Waals surface area contributed by atoms with Crippen molar-refractivity contribution in [2.24, 2.45) is 0 Å². The summed E-state index contributed by atoms with van der Waals surface area (Å²) in [4.78, 5) is 21.3. The number of rotatable bonds is 3. The third-order valence-electron chi connectivity index (χ3n) is 3.53. The molecule has 3 rings (SSSR count). The van der Waals surface area contributed by atoms with Gasteiger partial charge in [-0.25, -0.2) is 9.78 Å². The van der Waals surface area contributed by atoms with Crippen LogP contribution in [0.25, 0.3) is 0 Å². The van der Waals surface area contributed by atoms with Crippen LogP contribution in [0.1, 0.15) is 30.3 Å². The zero-order valence-corrected chi connectivity index (χ0v) is 11.2. The van der Waals surface area contributed by atoms with E-state index in [9.17, 15) is 4.79 Å². The number of nitrogens with one attached hydrogen (secondary N) is 1. The fraction of sp³-hybridized carbons (Fsp3) is 0.333. The van der Waals surface area contributed by atoms with Crippen molar-refractivity contribution in [1.29, 1.82) is 0 Å². The zero-order valence-electron chi connectivity index (χ0n) is 11.2. The molecule has 1 amide bonds. The molecular weight excluding hydrogens is 254 g/mol. The van der Waals surface area contributed by atoms with Crippen LogP contribution in [0.2, 0.25) is 0 Å². The van der Waals surface area contributed by atoms with Crippen LogP contribution in [0.4, 0.5) is 4.79 Å². The first-order valence-corrected chi connectivity index (χ1v) is 6.81. The topological polar surface area (TPSA) is 58.2 Å². The molecule has 1 aromatic heterocycles. The molecule has 104 valence electrons. The maximum Gasteiger partial charge on any atom is 0.410 e. The molecular formula is C15H17N3O2. The van der Waals surface area contributed by atoms with Crippen molar-refractivity contribution >= 4 is 6.09 Å². The van der Waals surface area contributed by atoms with Crippen molar-refractivity contribution < 1.29 is 9.53 Å². The van der Waals surface area contributed by atoms with Crippen molar-refractivity contribution in [3.05, 3.63) is 54.1 Å². The molecule has 1 atom stereocenters. The van der Waals surface area contributed by atoms with E-state index >= 15 is 0 Å². The normalized spacial score (nSPS) is 18.2. The predicted molar refractivity (Wildman–Crippen MR) is 73.9 cm³/mol. The molecule has 1 aliphatic rings. The Morgan fingerprint density at radius 1 is 1.40 bits per heavy atom. The highest BCUT2D eigenvalue weighted by atomic mass is 16.6. The third-order valence-corrected chi connectivity index (χ3v) is 3.53. The Morgan fingerprint density at radius 2 is 2.25 bits per heavy atom. The molecule has 5 heteroatoms. The highest BCUT2D eigenvalue weighted by molar-refractivity contribution is 5.68. The maximum absolute atomic E-state index is 12.2. The summed E-state index contributed by atoms with van der Waals surface area (Å²) in [6.07, 6.45) is 5.12. The Hall–Kier alpha value is -2.30. The minimum Gasteiger partial charge on any atom is -0.445 e. The number of likely N-dealkylation sites (tertiary alicyclic amines) is 1. The third kappa shape index (κ3) is 2.66. The number of hydrogen-bond donors (Lipinski definition) is 1. The summed E-state index contributed by atoms with van der Waals surface area (Å²) < 4.78 is 5.39. The van der Waals surface area contributed by atoms with Gasteiger partial charge in [0, 0.05) is 18.9 Å². The molecule has 2 heterocycles. The molecule has 5 nitrogen and oxygen atoms in total. The first-order valence-electron chi connectivity index (χ1n) is 6.81. The summed E-state index contributed by atoms with van der Waals surface area (Å²) in [5.74, 6) is 0.833. The molecule has 1 aromatic carbocycles. The van der Waals surface area contributed by atoms with Crippen molar-refractivity contribution in [2.75, 3.05) is 6.54 Å². The number of aromatic nitrogens is 2. The second-order valence-electron chi connectivity index (χ2n) is 4.87. The van der Waals surface area contributed by atoms with Gasteiger partial charge in [-0.15, -0.1) is 0 Å². The SMILES string of the molecule is O=C(OCc1ccccc1)N1CCC[C@H]1c1ncc[nH]1. The van der Waals surface area contributed by atoms with Gasteiger partial charge >= 0.3 is 6.09 Å². The van der Waals surface area contributed by atoms with Gasteiger partial charge in [-0.1, -0.05) is 30.3 Å². The fourth-order valence-corrected chi connectivity index (χ4v) is 2.53. The smallest absolute Gasteiger partial charge is 0.410 e. The van der Waals surface area contributed by atoms with Crippen LogP contribution >= 0.6 is 0 Å². The number of amides is 1. The second-order valence-corrected chi connectivity index (χ2v) is 4.87. The van der Waals surface area contributed by atoms with Gasteiger partial charge in [-0.2, -0.15) is 0 Å². The molecule has 0 aliphatic carbocycles. The predicted octanol–water partition coefficient (Wildman–Crippen LogP) is 2.88. The lowest BCUT2D eigenvalue weighted by Gasteiger charge is -2.22. The standard InChI is InChI=1S/C15H17N3O2/c19-15(20-11-12-5-2-1-3-6-12)18-10-4-7-13(18)14-16-8-9-17-14/h1-3,5-6,8-9,13H,4,7,10-11H2,(H,16,17)/t13-/m0/s1. The number of H-pyrrole nitrogens is 1. The quantitative estimate of drug-likeness (QED) is 0.933. The van der Waals surface area contributed by atoms with Gasteiger partial charge in [0.05, 0.1) is 6.04 Å². The Labute approximate surface area is 117 Å². The van der Waals surface area contributed by atoms with E-state index in [2.05, 4.69) is 9.97 Å². The van der Waals surface area contributed by atoms with Crippen molar-refractivity contribution in [3.63, 3.8) is 0 Å². The molecule has 20 heavy (non-hydrogen) atoms. The van der Waals surface area contributed by atoms with Crippen LogP contribution in [0.3, 0.4) is 0 Å². The Bertz CT molecular complexity index is 554. The number of hydrogen-bond acceptors (Lipinski definition) is 3. The van der Waals surface area contributed by atoms with E-state index in [0.29, 0.717) is 6.61 Å². The lowest BCUT2D eigenvalue weighted by molar-refractivity contribution is 0.0910. The summed E-state index contributed by atoms with van der Waals surface area (Å²) in [6, 6.07) is 9.71. The molecule has 1 saturated heterocycles. The van der Waals surface area contributed by atoms with Crippen molar-refractivity contribution in [1.82, 2.24) is 14.9 Å². The van der Waals surface area contributed by atoms with E-state index in [4.69, 9.17) is 4.74 Å². The number of aromatic amines is 1. The summed E-state index contributed by atoms with van der Waals surface area (Å²) in [5.41, 5.74) is 0.995. The fourth-order valence-electron chi connectivity index (χ4n) is 2.53. The average Bonchev–Trinajstić information content (AvgIpc) is 3.15. The van der Waals surface area contributed by atoms with Crippen LogP contribution in [0, 0.1) is 0 Å². The van der Waals surface area contributed by atoms with Crippen molar-refractivity contribution in [3.8, 4) is 0 Å². The van der Waals surface area contributed by atoms with Gasteiger partial charge in [-0.05, 0) is 18.4 Å². The lowest BCUT2D eigenvalue weighted by atomic mass is 10.2. The van der Waals surface area contributed by atoms with Crippen LogP contribution in [0.5, 0.6) is 0 Å². The van der Waals surface area contributed by atoms with Gasteiger partial charge in [0.1, 0.15) is 12.4 Å². The average molecular weight is 271 g/mol. The van der Waals surface area contributed by atoms with E-state index in [1.165, 1.54) is 0 Å². The Balaban J connectivity index is 1.62. The zero-order chi connectivity index (χ0) is 13.8. The Kier molecular flexibility index (Phi) is 3.67. The monoisotopic (exact) mass is 271 g/mol. The van der Waals surface area contributed by atoms with Crippen LogP contribution < -0.4 is 0 Å². The number of ether oxygens (including phenoxy) is 1. The summed E-state index contributed by atoms with van der Waals surface area (Å²) in [6.45, 7) is 1.03. The molecule has 0 saturated carbocycles. The first kappa shape index (κ1) is 12.7. The minimum absolute atomic E-state index is 0.00766. The summed E-state index contributed by atoms with van der Waals surface area (Å²) in [5, 5.41) is 0. The van der Waals surface area contributed by atoms with E-state index in [-0.39, 0.29) is 12.1 Å². The Morgan fingerprint density at radius 3 is 3.00 bits per heavy atom. The van der Waals surface area contributed by atoms with Crippen molar-refractivity contribution in [2.45, 2.75) is 25.5 Å². The highest BCUT2D eigenvalue weighted by Gasteiger charge is 2.32. The van der Waals surface area contributed by atoms with Crippen LogP contribution in [-0.2, 0) is 11.3 Å². The van der Waals surface area contributed by atoms with Crippen LogP contribution in [-0.4, -0.2) is 27.5 Å². The molecule has 0 unspecified atom stereocenters. The summed E-state index contributed by atoms with van der Waals surface area (Å²) >= 11 is 0. The lowest BCUT2D eigenvalue weighted by Crippen LogP contribution is -2.31. The molecule has 0 spiro atoms. The minimum atomic E-state index is -0.271. The number of carbonyl (C=O) groups is 1. The van der Waals surface area contributed by atoms with Gasteiger partial charge in [0.25, 0.3) is 0 Å².